The zero-order chi connectivity index (χ0) is 15.1. The number of nitrogens with zero attached hydrogens (tertiary/aromatic N) is 2. The smallest absolute Gasteiger partial charge is 0.250 e. The first-order valence-corrected chi connectivity index (χ1v) is 7.37. The number of ketones is 1. The van der Waals surface area contributed by atoms with E-state index in [0.29, 0.717) is 16.6 Å². The maximum Gasteiger partial charge on any atom is 0.250 e. The summed E-state index contributed by atoms with van der Waals surface area (Å²) in [6.45, 7) is 1.81. The lowest BCUT2D eigenvalue weighted by Gasteiger charge is -1.95. The van der Waals surface area contributed by atoms with E-state index in [2.05, 4.69) is 15.5 Å². The molecule has 0 aliphatic heterocycles. The summed E-state index contributed by atoms with van der Waals surface area (Å²) in [5.74, 6) is -0.170. The van der Waals surface area contributed by atoms with E-state index in [0.717, 1.165) is 5.56 Å². The van der Waals surface area contributed by atoms with E-state index in [4.69, 9.17) is 0 Å². The van der Waals surface area contributed by atoms with Crippen molar-refractivity contribution in [3.8, 4) is 0 Å². The van der Waals surface area contributed by atoms with Crippen LogP contribution in [0, 0.1) is 0 Å². The second-order valence-electron chi connectivity index (χ2n) is 4.30. The van der Waals surface area contributed by atoms with Crippen molar-refractivity contribution in [3.63, 3.8) is 0 Å². The van der Waals surface area contributed by atoms with Crippen LogP contribution >= 0.6 is 11.3 Å². The van der Waals surface area contributed by atoms with Gasteiger partial charge in [0.15, 0.2) is 0 Å². The lowest BCUT2D eigenvalue weighted by molar-refractivity contribution is -0.118. The number of carbonyl (C=O) groups is 2. The highest BCUT2D eigenvalue weighted by Gasteiger charge is 2.09. The molecule has 1 amide bonds. The standard InChI is InChI=1S/C15H15N3O2S/c1-2-12(19)10-14-17-18-15(21-14)16-13(20)9-8-11-6-4-3-5-7-11/h3-9H,2,10H2,1H3,(H,16,18,20)/b9-8+. The molecule has 0 bridgehead atoms. The van der Waals surface area contributed by atoms with Crippen LogP contribution in [0.2, 0.25) is 0 Å². The average Bonchev–Trinajstić information content (AvgIpc) is 2.93. The molecule has 1 aromatic carbocycles. The fourth-order valence-corrected chi connectivity index (χ4v) is 2.32. The van der Waals surface area contributed by atoms with Crippen molar-refractivity contribution in [1.29, 1.82) is 0 Å². The molecule has 0 radical (unpaired) electrons. The van der Waals surface area contributed by atoms with Gasteiger partial charge >= 0.3 is 0 Å². The van der Waals surface area contributed by atoms with Gasteiger partial charge in [0, 0.05) is 12.5 Å². The molecule has 0 atom stereocenters. The monoisotopic (exact) mass is 301 g/mol. The average molecular weight is 301 g/mol. The van der Waals surface area contributed by atoms with Crippen molar-refractivity contribution in [1.82, 2.24) is 10.2 Å². The minimum absolute atomic E-state index is 0.105. The Hall–Kier alpha value is -2.34. The number of nitrogens with one attached hydrogen (secondary N) is 1. The lowest BCUT2D eigenvalue weighted by atomic mass is 10.2. The number of carbonyl (C=O) groups excluding carboxylic acids is 2. The summed E-state index contributed by atoms with van der Waals surface area (Å²) >= 11 is 1.22. The van der Waals surface area contributed by atoms with Gasteiger partial charge < -0.3 is 0 Å². The number of hydrogen-bond donors (Lipinski definition) is 1. The van der Waals surface area contributed by atoms with Gasteiger partial charge in [-0.25, -0.2) is 0 Å². The number of amides is 1. The molecule has 5 nitrogen and oxygen atoms in total. The molecule has 0 spiro atoms. The van der Waals surface area contributed by atoms with Crippen LogP contribution in [0.15, 0.2) is 36.4 Å². The van der Waals surface area contributed by atoms with Crippen molar-refractivity contribution in [2.75, 3.05) is 5.32 Å². The predicted molar refractivity (Wildman–Crippen MR) is 83.0 cm³/mol. The Kier molecular flexibility index (Phi) is 5.34. The van der Waals surface area contributed by atoms with E-state index in [1.807, 2.05) is 30.3 Å². The summed E-state index contributed by atoms with van der Waals surface area (Å²) < 4.78 is 0. The van der Waals surface area contributed by atoms with Gasteiger partial charge in [0.1, 0.15) is 10.8 Å². The van der Waals surface area contributed by atoms with Gasteiger partial charge in [-0.3, -0.25) is 14.9 Å². The molecule has 2 rings (SSSR count). The Balaban J connectivity index is 1.91. The molecule has 0 saturated heterocycles. The third-order valence-electron chi connectivity index (χ3n) is 2.67. The zero-order valence-corrected chi connectivity index (χ0v) is 12.4. The molecule has 0 aliphatic carbocycles. The van der Waals surface area contributed by atoms with Gasteiger partial charge in [0.2, 0.25) is 11.0 Å². The number of Topliss-reactive ketones (excluding diaryl/α,β-unsaturated/α-hetero) is 1. The second kappa shape index (κ2) is 7.44. The van der Waals surface area contributed by atoms with Crippen molar-refractivity contribution in [2.45, 2.75) is 19.8 Å². The van der Waals surface area contributed by atoms with Gasteiger partial charge in [0.05, 0.1) is 6.42 Å². The van der Waals surface area contributed by atoms with Crippen LogP contribution in [0.5, 0.6) is 0 Å². The van der Waals surface area contributed by atoms with Gasteiger partial charge in [-0.05, 0) is 11.6 Å². The van der Waals surface area contributed by atoms with Gasteiger partial charge in [0.25, 0.3) is 0 Å². The van der Waals surface area contributed by atoms with Crippen LogP contribution in [0.4, 0.5) is 5.13 Å². The van der Waals surface area contributed by atoms with Crippen LogP contribution in [-0.4, -0.2) is 21.9 Å². The highest BCUT2D eigenvalue weighted by molar-refractivity contribution is 7.15. The van der Waals surface area contributed by atoms with Crippen molar-refractivity contribution < 1.29 is 9.59 Å². The van der Waals surface area contributed by atoms with E-state index in [1.54, 1.807) is 13.0 Å². The molecule has 21 heavy (non-hydrogen) atoms. The number of rotatable bonds is 6. The molecule has 0 unspecified atom stereocenters. The molecule has 1 N–H and O–H groups in total. The summed E-state index contributed by atoms with van der Waals surface area (Å²) in [7, 11) is 0. The van der Waals surface area contributed by atoms with E-state index in [1.165, 1.54) is 17.4 Å². The molecule has 0 fully saturated rings. The van der Waals surface area contributed by atoms with Gasteiger partial charge in [-0.2, -0.15) is 0 Å². The van der Waals surface area contributed by atoms with Crippen molar-refractivity contribution in [3.05, 3.63) is 47.0 Å². The number of hydrogen-bond acceptors (Lipinski definition) is 5. The maximum absolute atomic E-state index is 11.7. The summed E-state index contributed by atoms with van der Waals surface area (Å²) in [4.78, 5) is 23.1. The Morgan fingerprint density at radius 3 is 2.71 bits per heavy atom. The highest BCUT2D eigenvalue weighted by Crippen LogP contribution is 2.16. The number of aromatic nitrogens is 2. The Morgan fingerprint density at radius 1 is 1.24 bits per heavy atom. The minimum Gasteiger partial charge on any atom is -0.299 e. The third kappa shape index (κ3) is 4.92. The van der Waals surface area contributed by atoms with E-state index in [-0.39, 0.29) is 18.1 Å². The summed E-state index contributed by atoms with van der Waals surface area (Å²) in [6.07, 6.45) is 3.90. The summed E-state index contributed by atoms with van der Waals surface area (Å²) in [5, 5.41) is 11.4. The van der Waals surface area contributed by atoms with E-state index >= 15 is 0 Å². The normalized spacial score (nSPS) is 10.7. The molecule has 1 aromatic heterocycles. The Morgan fingerprint density at radius 2 is 2.00 bits per heavy atom. The molecular weight excluding hydrogens is 286 g/mol. The largest absolute Gasteiger partial charge is 0.299 e. The van der Waals surface area contributed by atoms with Crippen LogP contribution in [0.3, 0.4) is 0 Å². The SMILES string of the molecule is CCC(=O)Cc1nnc(NC(=O)/C=C/c2ccccc2)s1. The first-order chi connectivity index (χ1) is 10.2. The minimum atomic E-state index is -0.275. The maximum atomic E-state index is 11.7. The molecule has 108 valence electrons. The Bertz CT molecular complexity index is 650. The summed E-state index contributed by atoms with van der Waals surface area (Å²) in [6, 6.07) is 9.53. The molecule has 6 heteroatoms. The first-order valence-electron chi connectivity index (χ1n) is 6.55. The zero-order valence-electron chi connectivity index (χ0n) is 11.6. The van der Waals surface area contributed by atoms with Crippen LogP contribution in [-0.2, 0) is 16.0 Å². The fourth-order valence-electron chi connectivity index (χ4n) is 1.55. The van der Waals surface area contributed by atoms with Crippen LogP contribution in [0.1, 0.15) is 23.9 Å². The van der Waals surface area contributed by atoms with Crippen molar-refractivity contribution >= 4 is 34.2 Å². The first kappa shape index (κ1) is 15.1. The number of anilines is 1. The van der Waals surface area contributed by atoms with Crippen molar-refractivity contribution in [2.24, 2.45) is 0 Å². The predicted octanol–water partition coefficient (Wildman–Crippen LogP) is 2.71. The fraction of sp³-hybridized carbons (Fsp3) is 0.200. The van der Waals surface area contributed by atoms with Gasteiger partial charge in [-0.1, -0.05) is 48.6 Å². The highest BCUT2D eigenvalue weighted by atomic mass is 32.1. The van der Waals surface area contributed by atoms with Gasteiger partial charge in [-0.15, -0.1) is 10.2 Å². The number of benzene rings is 1. The van der Waals surface area contributed by atoms with Crippen LogP contribution < -0.4 is 5.32 Å². The third-order valence-corrected chi connectivity index (χ3v) is 3.51. The lowest BCUT2D eigenvalue weighted by Crippen LogP contribution is -2.07. The molecular formula is C15H15N3O2S. The van der Waals surface area contributed by atoms with E-state index in [9.17, 15) is 9.59 Å². The summed E-state index contributed by atoms with van der Waals surface area (Å²) in [5.41, 5.74) is 0.944. The Labute approximate surface area is 126 Å². The topological polar surface area (TPSA) is 72.0 Å². The quantitative estimate of drug-likeness (QED) is 0.833. The second-order valence-corrected chi connectivity index (χ2v) is 5.37. The molecule has 2 aromatic rings. The molecule has 0 saturated carbocycles. The molecule has 0 aliphatic rings. The van der Waals surface area contributed by atoms with E-state index < -0.39 is 0 Å². The van der Waals surface area contributed by atoms with Crippen LogP contribution in [0.25, 0.3) is 6.08 Å². The molecule has 1 heterocycles.